The second-order valence-corrected chi connectivity index (χ2v) is 7.76. The van der Waals surface area contributed by atoms with E-state index in [0.717, 1.165) is 25.5 Å². The van der Waals surface area contributed by atoms with Gasteiger partial charge in [0.25, 0.3) is 0 Å². The Kier molecular flexibility index (Phi) is 10.3. The molecule has 0 amide bonds. The van der Waals surface area contributed by atoms with Crippen molar-refractivity contribution in [1.82, 2.24) is 0 Å². The standard InChI is InChI=1S/C26H33NO.CH4O/c1-8-23(17-21(5)28)25(15-14-24-11-9-10-19(3)22(24)6)27(7)26-16-18(2)12-13-20(26)4;1-2/h8-13,16H,1,14-15,17H2,2-7H3;2H,1H3/b25-23+;. The first kappa shape index (κ1) is 25.4. The molecule has 0 radical (unpaired) electrons. The fourth-order valence-electron chi connectivity index (χ4n) is 3.67. The lowest BCUT2D eigenvalue weighted by molar-refractivity contribution is -0.116. The van der Waals surface area contributed by atoms with E-state index in [-0.39, 0.29) is 5.78 Å². The average Bonchev–Trinajstić information content (AvgIpc) is 2.72. The average molecular weight is 408 g/mol. The van der Waals surface area contributed by atoms with Crippen LogP contribution in [0, 0.1) is 27.7 Å². The number of rotatable bonds is 8. The topological polar surface area (TPSA) is 40.5 Å². The van der Waals surface area contributed by atoms with Gasteiger partial charge in [0.05, 0.1) is 0 Å². The van der Waals surface area contributed by atoms with Crippen molar-refractivity contribution in [2.24, 2.45) is 0 Å². The molecule has 0 bridgehead atoms. The summed E-state index contributed by atoms with van der Waals surface area (Å²) < 4.78 is 0. The van der Waals surface area contributed by atoms with Gasteiger partial charge in [0.15, 0.2) is 0 Å². The molecule has 162 valence electrons. The molecular weight excluding hydrogens is 370 g/mol. The minimum Gasteiger partial charge on any atom is -0.400 e. The molecule has 0 aliphatic heterocycles. The Labute approximate surface area is 182 Å². The highest BCUT2D eigenvalue weighted by Crippen LogP contribution is 2.29. The molecule has 0 spiro atoms. The molecule has 3 nitrogen and oxygen atoms in total. The number of hydrogen-bond donors (Lipinski definition) is 1. The van der Waals surface area contributed by atoms with Gasteiger partial charge in [-0.25, -0.2) is 0 Å². The normalized spacial score (nSPS) is 11.2. The van der Waals surface area contributed by atoms with Gasteiger partial charge >= 0.3 is 0 Å². The molecule has 0 aliphatic carbocycles. The Morgan fingerprint density at radius 1 is 1.07 bits per heavy atom. The van der Waals surface area contributed by atoms with Crippen molar-refractivity contribution >= 4 is 11.5 Å². The summed E-state index contributed by atoms with van der Waals surface area (Å²) in [6.45, 7) is 14.2. The van der Waals surface area contributed by atoms with Gasteiger partial charge in [0, 0.05) is 32.0 Å². The summed E-state index contributed by atoms with van der Waals surface area (Å²) in [5, 5.41) is 7.00. The van der Waals surface area contributed by atoms with E-state index in [9.17, 15) is 4.79 Å². The summed E-state index contributed by atoms with van der Waals surface area (Å²) in [5.41, 5.74) is 9.84. The van der Waals surface area contributed by atoms with Crippen LogP contribution in [0.15, 0.2) is 60.3 Å². The Balaban J connectivity index is 0.00000218. The molecule has 3 heteroatoms. The van der Waals surface area contributed by atoms with Gasteiger partial charge in [-0.05, 0) is 86.9 Å². The number of Topliss-reactive ketones (excluding diaryl/α,β-unsaturated/α-hetero) is 1. The van der Waals surface area contributed by atoms with Gasteiger partial charge in [-0.1, -0.05) is 43.0 Å². The Hall–Kier alpha value is -2.65. The first-order chi connectivity index (χ1) is 14.2. The number of carbonyl (C=O) groups excluding carboxylic acids is 1. The number of aryl methyl sites for hydroxylation is 4. The van der Waals surface area contributed by atoms with Crippen LogP contribution in [0.1, 0.15) is 47.6 Å². The molecule has 0 saturated heterocycles. The summed E-state index contributed by atoms with van der Waals surface area (Å²) in [7, 11) is 3.10. The van der Waals surface area contributed by atoms with Crippen LogP contribution < -0.4 is 4.90 Å². The highest BCUT2D eigenvalue weighted by molar-refractivity contribution is 5.79. The number of carbonyl (C=O) groups is 1. The van der Waals surface area contributed by atoms with Crippen molar-refractivity contribution in [3.05, 3.63) is 88.1 Å². The monoisotopic (exact) mass is 407 g/mol. The van der Waals surface area contributed by atoms with E-state index in [0.29, 0.717) is 6.42 Å². The van der Waals surface area contributed by atoms with Crippen molar-refractivity contribution in [1.29, 1.82) is 0 Å². The first-order valence-electron chi connectivity index (χ1n) is 10.4. The van der Waals surface area contributed by atoms with Crippen LogP contribution in [-0.4, -0.2) is 25.0 Å². The third-order valence-electron chi connectivity index (χ3n) is 5.54. The number of allylic oxidation sites excluding steroid dienone is 3. The van der Waals surface area contributed by atoms with E-state index in [1.54, 1.807) is 6.92 Å². The number of hydrogen-bond acceptors (Lipinski definition) is 3. The third-order valence-corrected chi connectivity index (χ3v) is 5.54. The van der Waals surface area contributed by atoms with Gasteiger partial charge in [0.1, 0.15) is 5.78 Å². The molecular formula is C27H37NO2. The number of nitrogens with zero attached hydrogens (tertiary/aromatic N) is 1. The van der Waals surface area contributed by atoms with Gasteiger partial charge in [-0.15, -0.1) is 0 Å². The van der Waals surface area contributed by atoms with Gasteiger partial charge in [-0.3, -0.25) is 4.79 Å². The zero-order valence-corrected chi connectivity index (χ0v) is 19.7. The van der Waals surface area contributed by atoms with Gasteiger partial charge < -0.3 is 10.0 Å². The molecule has 0 aromatic heterocycles. The third kappa shape index (κ3) is 6.70. The maximum absolute atomic E-state index is 11.9. The number of ketones is 1. The lowest BCUT2D eigenvalue weighted by atomic mass is 9.96. The smallest absolute Gasteiger partial charge is 0.134 e. The van der Waals surface area contributed by atoms with Crippen molar-refractivity contribution < 1.29 is 9.90 Å². The molecule has 0 atom stereocenters. The van der Waals surface area contributed by atoms with Crippen LogP contribution in [0.2, 0.25) is 0 Å². The summed E-state index contributed by atoms with van der Waals surface area (Å²) in [6.07, 6.45) is 4.07. The molecule has 2 aromatic carbocycles. The number of benzene rings is 2. The van der Waals surface area contributed by atoms with Gasteiger partial charge in [0.2, 0.25) is 0 Å². The second kappa shape index (κ2) is 12.1. The fraction of sp³-hybridized carbons (Fsp3) is 0.370. The lowest BCUT2D eigenvalue weighted by Crippen LogP contribution is -2.21. The Morgan fingerprint density at radius 2 is 1.73 bits per heavy atom. The predicted octanol–water partition coefficient (Wildman–Crippen LogP) is 6.02. The zero-order chi connectivity index (χ0) is 22.8. The van der Waals surface area contributed by atoms with Crippen molar-refractivity contribution in [2.75, 3.05) is 19.1 Å². The van der Waals surface area contributed by atoms with Crippen molar-refractivity contribution in [3.8, 4) is 0 Å². The van der Waals surface area contributed by atoms with Crippen LogP contribution >= 0.6 is 0 Å². The molecule has 0 unspecified atom stereocenters. The Morgan fingerprint density at radius 3 is 2.33 bits per heavy atom. The molecule has 1 N–H and O–H groups in total. The van der Waals surface area contributed by atoms with E-state index in [1.807, 2.05) is 6.08 Å². The minimum absolute atomic E-state index is 0.161. The number of anilines is 1. The van der Waals surface area contributed by atoms with Crippen LogP contribution in [-0.2, 0) is 11.2 Å². The lowest BCUT2D eigenvalue weighted by Gasteiger charge is -2.28. The maximum Gasteiger partial charge on any atom is 0.134 e. The number of aliphatic hydroxyl groups is 1. The van der Waals surface area contributed by atoms with E-state index >= 15 is 0 Å². The molecule has 2 rings (SSSR count). The SMILES string of the molecule is C=C/C(CC(C)=O)=C(/CCc1cccc(C)c1C)N(C)c1cc(C)ccc1C.CO. The molecule has 0 saturated carbocycles. The summed E-state index contributed by atoms with van der Waals surface area (Å²) in [4.78, 5) is 14.1. The van der Waals surface area contributed by atoms with Crippen LogP contribution in [0.25, 0.3) is 0 Å². The molecule has 0 heterocycles. The molecule has 2 aromatic rings. The van der Waals surface area contributed by atoms with Crippen molar-refractivity contribution in [2.45, 2.75) is 53.9 Å². The minimum atomic E-state index is 0.161. The van der Waals surface area contributed by atoms with E-state index < -0.39 is 0 Å². The van der Waals surface area contributed by atoms with Gasteiger partial charge in [-0.2, -0.15) is 0 Å². The largest absolute Gasteiger partial charge is 0.400 e. The predicted molar refractivity (Wildman–Crippen MR) is 129 cm³/mol. The summed E-state index contributed by atoms with van der Waals surface area (Å²) in [6, 6.07) is 13.0. The fourth-order valence-corrected chi connectivity index (χ4v) is 3.67. The molecule has 0 fully saturated rings. The summed E-state index contributed by atoms with van der Waals surface area (Å²) >= 11 is 0. The van der Waals surface area contributed by atoms with E-state index in [4.69, 9.17) is 5.11 Å². The van der Waals surface area contributed by atoms with Crippen LogP contribution in [0.3, 0.4) is 0 Å². The van der Waals surface area contributed by atoms with Crippen molar-refractivity contribution in [3.63, 3.8) is 0 Å². The molecule has 0 aliphatic rings. The Bertz CT molecular complexity index is 909. The zero-order valence-electron chi connectivity index (χ0n) is 19.7. The van der Waals surface area contributed by atoms with Crippen LogP contribution in [0.5, 0.6) is 0 Å². The summed E-state index contributed by atoms with van der Waals surface area (Å²) in [5.74, 6) is 0.161. The molecule has 30 heavy (non-hydrogen) atoms. The second-order valence-electron chi connectivity index (χ2n) is 7.76. The van der Waals surface area contributed by atoms with E-state index in [2.05, 4.69) is 82.6 Å². The highest BCUT2D eigenvalue weighted by Gasteiger charge is 2.16. The first-order valence-corrected chi connectivity index (χ1v) is 10.4. The maximum atomic E-state index is 11.9. The number of aliphatic hydroxyl groups excluding tert-OH is 1. The van der Waals surface area contributed by atoms with Crippen LogP contribution in [0.4, 0.5) is 5.69 Å². The quantitative estimate of drug-likeness (QED) is 0.544. The highest BCUT2D eigenvalue weighted by atomic mass is 16.2. The van der Waals surface area contributed by atoms with E-state index in [1.165, 1.54) is 39.2 Å².